The second-order valence-corrected chi connectivity index (χ2v) is 6.25. The van der Waals surface area contributed by atoms with Gasteiger partial charge in [0.2, 0.25) is 5.91 Å². The minimum absolute atomic E-state index is 0.120. The highest BCUT2D eigenvalue weighted by Gasteiger charge is 2.56. The van der Waals surface area contributed by atoms with E-state index in [0.717, 1.165) is 16.8 Å². The molecule has 4 heteroatoms. The van der Waals surface area contributed by atoms with Crippen LogP contribution in [0.15, 0.2) is 48.7 Å². The Bertz CT molecular complexity index is 697. The first-order valence-corrected chi connectivity index (χ1v) is 7.74. The maximum absolute atomic E-state index is 12.0. The highest BCUT2D eigenvalue weighted by molar-refractivity contribution is 5.84. The highest BCUT2D eigenvalue weighted by Crippen LogP contribution is 2.60. The topological polar surface area (TPSA) is 62.2 Å². The molecule has 2 saturated carbocycles. The van der Waals surface area contributed by atoms with Gasteiger partial charge >= 0.3 is 0 Å². The molecule has 0 bridgehead atoms. The zero-order valence-electron chi connectivity index (χ0n) is 12.1. The predicted octanol–water partition coefficient (Wildman–Crippen LogP) is 2.96. The summed E-state index contributed by atoms with van der Waals surface area (Å²) >= 11 is 0. The van der Waals surface area contributed by atoms with Gasteiger partial charge in [-0.15, -0.1) is 0 Å². The van der Waals surface area contributed by atoms with Gasteiger partial charge in [-0.05, 0) is 36.1 Å². The van der Waals surface area contributed by atoms with Crippen molar-refractivity contribution in [2.45, 2.75) is 30.6 Å². The lowest BCUT2D eigenvalue weighted by molar-refractivity contribution is -0.130. The first kappa shape index (κ1) is 13.5. The molecule has 1 amide bonds. The van der Waals surface area contributed by atoms with E-state index in [0.29, 0.717) is 5.92 Å². The van der Waals surface area contributed by atoms with Crippen molar-refractivity contribution in [2.75, 3.05) is 0 Å². The van der Waals surface area contributed by atoms with Gasteiger partial charge in [0.1, 0.15) is 0 Å². The van der Waals surface area contributed by atoms with E-state index in [9.17, 15) is 4.79 Å². The number of nitrogens with one attached hydrogen (secondary N) is 1. The lowest BCUT2D eigenvalue weighted by atomic mass is 10.0. The lowest BCUT2D eigenvalue weighted by Crippen LogP contribution is -2.21. The summed E-state index contributed by atoms with van der Waals surface area (Å²) in [6.07, 6.45) is 4.27. The van der Waals surface area contributed by atoms with E-state index in [1.54, 1.807) is 0 Å². The smallest absolute Gasteiger partial charge is 0.247 e. The molecule has 2 aliphatic carbocycles. The lowest BCUT2D eigenvalue weighted by Gasteiger charge is -2.03. The third-order valence-corrected chi connectivity index (χ3v) is 4.80. The van der Waals surface area contributed by atoms with Gasteiger partial charge in [0.05, 0.1) is 5.92 Å². The van der Waals surface area contributed by atoms with Crippen LogP contribution in [0.25, 0.3) is 0 Å². The maximum atomic E-state index is 12.0. The van der Waals surface area contributed by atoms with Gasteiger partial charge in [-0.1, -0.05) is 30.3 Å². The monoisotopic (exact) mass is 294 g/mol. The van der Waals surface area contributed by atoms with Crippen LogP contribution in [0.2, 0.25) is 0 Å². The van der Waals surface area contributed by atoms with E-state index < -0.39 is 0 Å². The van der Waals surface area contributed by atoms with Crippen LogP contribution in [0, 0.1) is 5.92 Å². The zero-order valence-corrected chi connectivity index (χ0v) is 12.1. The number of carbonyl (C=O) groups excluding carboxylic acids is 1. The standard InChI is InChI=1S/C18H18N2O2/c21-18(20-22)17-15(12-4-2-1-3-5-12)16(17)13-8-9-19-14(10-13)11-6-7-11/h1-5,8-11,15-17,22H,6-7H2,(H,20,21)/t15-,16-,17+/m1/s1. The Morgan fingerprint density at radius 2 is 1.82 bits per heavy atom. The van der Waals surface area contributed by atoms with E-state index >= 15 is 0 Å². The van der Waals surface area contributed by atoms with Crippen LogP contribution < -0.4 is 5.48 Å². The fourth-order valence-corrected chi connectivity index (χ4v) is 3.49. The molecule has 0 spiro atoms. The molecule has 22 heavy (non-hydrogen) atoms. The van der Waals surface area contributed by atoms with E-state index in [1.807, 2.05) is 48.1 Å². The van der Waals surface area contributed by atoms with Crippen molar-refractivity contribution in [1.29, 1.82) is 0 Å². The number of aromatic nitrogens is 1. The normalized spacial score (nSPS) is 26.5. The Morgan fingerprint density at radius 3 is 2.50 bits per heavy atom. The molecular weight excluding hydrogens is 276 g/mol. The van der Waals surface area contributed by atoms with Crippen LogP contribution >= 0.6 is 0 Å². The Labute approximate surface area is 129 Å². The minimum atomic E-state index is -0.302. The fourth-order valence-electron chi connectivity index (χ4n) is 3.49. The number of pyridine rings is 1. The molecule has 1 heterocycles. The summed E-state index contributed by atoms with van der Waals surface area (Å²) in [5.41, 5.74) is 5.26. The molecule has 3 atom stereocenters. The number of benzene rings is 1. The molecule has 2 N–H and O–H groups in total. The van der Waals surface area contributed by atoms with E-state index in [-0.39, 0.29) is 23.7 Å². The number of nitrogens with zero attached hydrogens (tertiary/aromatic N) is 1. The molecule has 2 aliphatic rings. The summed E-state index contributed by atoms with van der Waals surface area (Å²) in [6, 6.07) is 14.2. The summed E-state index contributed by atoms with van der Waals surface area (Å²) in [6.45, 7) is 0. The first-order chi connectivity index (χ1) is 10.8. The molecule has 0 radical (unpaired) electrons. The molecule has 112 valence electrons. The number of hydrogen-bond acceptors (Lipinski definition) is 3. The first-order valence-electron chi connectivity index (χ1n) is 7.74. The van der Waals surface area contributed by atoms with Crippen LogP contribution in [0.3, 0.4) is 0 Å². The Morgan fingerprint density at radius 1 is 1.09 bits per heavy atom. The molecule has 1 aromatic heterocycles. The maximum Gasteiger partial charge on any atom is 0.247 e. The van der Waals surface area contributed by atoms with Crippen molar-refractivity contribution in [2.24, 2.45) is 5.92 Å². The summed E-state index contributed by atoms with van der Waals surface area (Å²) in [4.78, 5) is 16.4. The third-order valence-electron chi connectivity index (χ3n) is 4.80. The summed E-state index contributed by atoms with van der Waals surface area (Å²) in [7, 11) is 0. The van der Waals surface area contributed by atoms with Gasteiger partial charge in [0, 0.05) is 29.6 Å². The zero-order chi connectivity index (χ0) is 15.1. The number of carbonyl (C=O) groups is 1. The largest absolute Gasteiger partial charge is 0.289 e. The van der Waals surface area contributed by atoms with E-state index in [1.165, 1.54) is 12.8 Å². The Kier molecular flexibility index (Phi) is 3.19. The van der Waals surface area contributed by atoms with Crippen molar-refractivity contribution in [3.05, 3.63) is 65.5 Å². The number of hydrogen-bond donors (Lipinski definition) is 2. The molecule has 2 aromatic rings. The summed E-state index contributed by atoms with van der Waals surface area (Å²) < 4.78 is 0. The predicted molar refractivity (Wildman–Crippen MR) is 81.6 cm³/mol. The summed E-state index contributed by atoms with van der Waals surface area (Å²) in [5.74, 6) is 0.335. The van der Waals surface area contributed by atoms with E-state index in [4.69, 9.17) is 5.21 Å². The molecular formula is C18H18N2O2. The van der Waals surface area contributed by atoms with Gasteiger partial charge < -0.3 is 0 Å². The Balaban J connectivity index is 1.66. The molecule has 0 aliphatic heterocycles. The average molecular weight is 294 g/mol. The number of rotatable bonds is 4. The average Bonchev–Trinajstić information content (AvgIpc) is 3.48. The van der Waals surface area contributed by atoms with Crippen molar-refractivity contribution in [3.63, 3.8) is 0 Å². The second-order valence-electron chi connectivity index (χ2n) is 6.25. The van der Waals surface area contributed by atoms with Crippen LogP contribution in [0.1, 0.15) is 47.4 Å². The second kappa shape index (κ2) is 5.21. The molecule has 4 rings (SSSR count). The van der Waals surface area contributed by atoms with Gasteiger partial charge in [0.15, 0.2) is 0 Å². The minimum Gasteiger partial charge on any atom is -0.289 e. The van der Waals surface area contributed by atoms with Crippen molar-refractivity contribution in [1.82, 2.24) is 10.5 Å². The van der Waals surface area contributed by atoms with Crippen LogP contribution in [-0.2, 0) is 4.79 Å². The number of hydroxylamine groups is 1. The summed E-state index contributed by atoms with van der Waals surface area (Å²) in [5, 5.41) is 9.02. The third kappa shape index (κ3) is 2.29. The molecule has 0 unspecified atom stereocenters. The molecule has 0 saturated heterocycles. The molecule has 4 nitrogen and oxygen atoms in total. The van der Waals surface area contributed by atoms with Crippen LogP contribution in [-0.4, -0.2) is 16.1 Å². The fraction of sp³-hybridized carbons (Fsp3) is 0.333. The van der Waals surface area contributed by atoms with Gasteiger partial charge in [0.25, 0.3) is 0 Å². The van der Waals surface area contributed by atoms with Crippen molar-refractivity contribution in [3.8, 4) is 0 Å². The molecule has 1 aromatic carbocycles. The van der Waals surface area contributed by atoms with Crippen LogP contribution in [0.5, 0.6) is 0 Å². The highest BCUT2D eigenvalue weighted by atomic mass is 16.5. The SMILES string of the molecule is O=C(NO)[C@H]1[C@H](c2ccccc2)[C@H]1c1ccnc(C2CC2)c1. The number of amides is 1. The van der Waals surface area contributed by atoms with Gasteiger partial charge in [-0.3, -0.25) is 15.0 Å². The van der Waals surface area contributed by atoms with E-state index in [2.05, 4.69) is 11.1 Å². The van der Waals surface area contributed by atoms with Crippen molar-refractivity contribution >= 4 is 5.91 Å². The quantitative estimate of drug-likeness (QED) is 0.673. The van der Waals surface area contributed by atoms with Gasteiger partial charge in [-0.25, -0.2) is 5.48 Å². The van der Waals surface area contributed by atoms with Crippen molar-refractivity contribution < 1.29 is 10.0 Å². The van der Waals surface area contributed by atoms with Crippen LogP contribution in [0.4, 0.5) is 0 Å². The Hall–Kier alpha value is -2.20. The van der Waals surface area contributed by atoms with Gasteiger partial charge in [-0.2, -0.15) is 0 Å². The molecule has 2 fully saturated rings.